The molecule has 11 heteroatoms. The van der Waals surface area contributed by atoms with E-state index < -0.39 is 60.4 Å². The molecule has 5 rings (SSSR count). The summed E-state index contributed by atoms with van der Waals surface area (Å²) in [6.45, 7) is 0. The zero-order valence-corrected chi connectivity index (χ0v) is 22.9. The van der Waals surface area contributed by atoms with Crippen molar-refractivity contribution in [2.24, 2.45) is 16.6 Å². The van der Waals surface area contributed by atoms with Gasteiger partial charge in [-0.15, -0.1) is 0 Å². The number of nitrogens with two attached hydrogens (primary N) is 1. The SMILES string of the molecule is NC(=O)[C@@H](c1ccccc1)[C@@H](CCC(F)(F)F)C(=O)N[C@H]1N=C(c2cccc(F)c2)c2cccc(OC3CC3)c2CC1=O. The molecular formula is C32H29F4N3O4. The fourth-order valence-electron chi connectivity index (χ4n) is 5.23. The van der Waals surface area contributed by atoms with Crippen molar-refractivity contribution in [2.75, 3.05) is 0 Å². The Bertz CT molecular complexity index is 1550. The lowest BCUT2D eigenvalue weighted by atomic mass is 9.81. The summed E-state index contributed by atoms with van der Waals surface area (Å²) in [4.78, 5) is 44.4. The van der Waals surface area contributed by atoms with Crippen LogP contribution in [0.4, 0.5) is 17.6 Å². The lowest BCUT2D eigenvalue weighted by Crippen LogP contribution is -2.46. The average Bonchev–Trinajstić information content (AvgIpc) is 3.79. The van der Waals surface area contributed by atoms with E-state index in [0.717, 1.165) is 12.8 Å². The molecule has 1 fully saturated rings. The van der Waals surface area contributed by atoms with Gasteiger partial charge in [0.15, 0.2) is 11.9 Å². The van der Waals surface area contributed by atoms with Crippen molar-refractivity contribution >= 4 is 23.3 Å². The summed E-state index contributed by atoms with van der Waals surface area (Å²) in [6.07, 6.45) is -6.73. The standard InChI is InChI=1S/C32H29F4N3O4/c33-20-9-4-8-19(16-20)28-22-10-5-11-26(43-21-12-13-21)24(22)17-25(40)30(38-28)39-31(42)23(14-15-32(34,35)36)27(29(37)41)18-6-2-1-3-7-18/h1-11,16,21,23,27,30H,12-15,17H2,(H2,37,41)(H,39,42)/t23-,27+,30-/m1/s1. The summed E-state index contributed by atoms with van der Waals surface area (Å²) >= 11 is 0. The van der Waals surface area contributed by atoms with Gasteiger partial charge in [0.2, 0.25) is 11.8 Å². The Morgan fingerprint density at radius 3 is 2.40 bits per heavy atom. The number of nitrogens with one attached hydrogen (secondary N) is 1. The minimum Gasteiger partial charge on any atom is -0.490 e. The molecule has 3 aromatic carbocycles. The maximum absolute atomic E-state index is 14.3. The molecule has 3 atom stereocenters. The second-order valence-electron chi connectivity index (χ2n) is 10.7. The number of carbonyl (C=O) groups is 3. The Balaban J connectivity index is 1.53. The number of alkyl halides is 3. The summed E-state index contributed by atoms with van der Waals surface area (Å²) in [5, 5.41) is 2.49. The van der Waals surface area contributed by atoms with Gasteiger partial charge in [-0.25, -0.2) is 4.39 Å². The summed E-state index contributed by atoms with van der Waals surface area (Å²) in [7, 11) is 0. The third-order valence-corrected chi connectivity index (χ3v) is 7.44. The van der Waals surface area contributed by atoms with Crippen molar-refractivity contribution in [3.63, 3.8) is 0 Å². The number of ketones is 1. The number of hydrogen-bond acceptors (Lipinski definition) is 5. The van der Waals surface area contributed by atoms with Crippen molar-refractivity contribution in [2.45, 2.75) is 56.5 Å². The van der Waals surface area contributed by atoms with Gasteiger partial charge in [0, 0.05) is 29.5 Å². The van der Waals surface area contributed by atoms with E-state index in [1.54, 1.807) is 42.5 Å². The van der Waals surface area contributed by atoms with Crippen molar-refractivity contribution in [3.8, 4) is 5.75 Å². The first-order valence-electron chi connectivity index (χ1n) is 13.9. The summed E-state index contributed by atoms with van der Waals surface area (Å²) < 4.78 is 60.3. The van der Waals surface area contributed by atoms with Crippen LogP contribution >= 0.6 is 0 Å². The molecule has 0 bridgehead atoms. The van der Waals surface area contributed by atoms with Gasteiger partial charge in [-0.2, -0.15) is 13.2 Å². The molecule has 2 amide bonds. The first-order chi connectivity index (χ1) is 20.5. The highest BCUT2D eigenvalue weighted by atomic mass is 19.4. The molecule has 0 saturated heterocycles. The van der Waals surface area contributed by atoms with Crippen LogP contribution in [0.15, 0.2) is 77.8 Å². The Morgan fingerprint density at radius 1 is 1.02 bits per heavy atom. The first kappa shape index (κ1) is 29.9. The molecule has 3 aromatic rings. The predicted molar refractivity (Wildman–Crippen MR) is 150 cm³/mol. The van der Waals surface area contributed by atoms with Crippen LogP contribution in [-0.2, 0) is 20.8 Å². The maximum atomic E-state index is 14.3. The smallest absolute Gasteiger partial charge is 0.389 e. The number of fused-ring (bicyclic) bond motifs is 1. The molecule has 1 aliphatic heterocycles. The second-order valence-corrected chi connectivity index (χ2v) is 10.7. The number of amides is 2. The fourth-order valence-corrected chi connectivity index (χ4v) is 5.23. The molecule has 0 radical (unpaired) electrons. The van der Waals surface area contributed by atoms with Crippen molar-refractivity contribution in [1.29, 1.82) is 0 Å². The van der Waals surface area contributed by atoms with E-state index in [1.807, 2.05) is 0 Å². The number of hydrogen-bond donors (Lipinski definition) is 2. The Labute approximate surface area is 245 Å². The van der Waals surface area contributed by atoms with E-state index in [9.17, 15) is 31.9 Å². The van der Waals surface area contributed by atoms with Gasteiger partial charge in [-0.1, -0.05) is 54.6 Å². The van der Waals surface area contributed by atoms with Gasteiger partial charge in [0.25, 0.3) is 0 Å². The van der Waals surface area contributed by atoms with E-state index in [4.69, 9.17) is 10.5 Å². The number of carbonyl (C=O) groups excluding carboxylic acids is 3. The highest BCUT2D eigenvalue weighted by molar-refractivity contribution is 6.16. The fraction of sp³-hybridized carbons (Fsp3) is 0.312. The number of primary amides is 1. The van der Waals surface area contributed by atoms with Crippen LogP contribution in [0.25, 0.3) is 0 Å². The molecule has 0 aromatic heterocycles. The zero-order chi connectivity index (χ0) is 30.7. The summed E-state index contributed by atoms with van der Waals surface area (Å²) in [6, 6.07) is 18.5. The Morgan fingerprint density at radius 2 is 1.74 bits per heavy atom. The van der Waals surface area contributed by atoms with Gasteiger partial charge in [0.1, 0.15) is 11.6 Å². The first-order valence-corrected chi connectivity index (χ1v) is 13.9. The molecule has 3 N–H and O–H groups in total. The van der Waals surface area contributed by atoms with Crippen LogP contribution in [0, 0.1) is 11.7 Å². The lowest BCUT2D eigenvalue weighted by molar-refractivity contribution is -0.144. The molecule has 1 heterocycles. The summed E-state index contributed by atoms with van der Waals surface area (Å²) in [5.41, 5.74) is 7.42. The van der Waals surface area contributed by atoms with Gasteiger partial charge < -0.3 is 15.8 Å². The molecule has 7 nitrogen and oxygen atoms in total. The van der Waals surface area contributed by atoms with Crippen LogP contribution in [0.3, 0.4) is 0 Å². The number of ether oxygens (including phenoxy) is 1. The van der Waals surface area contributed by atoms with Gasteiger partial charge >= 0.3 is 6.18 Å². The van der Waals surface area contributed by atoms with Crippen LogP contribution in [0.1, 0.15) is 53.9 Å². The van der Waals surface area contributed by atoms with Gasteiger partial charge in [-0.05, 0) is 43.0 Å². The molecule has 224 valence electrons. The van der Waals surface area contributed by atoms with E-state index in [2.05, 4.69) is 10.3 Å². The minimum atomic E-state index is -4.61. The molecular weight excluding hydrogens is 566 g/mol. The third kappa shape index (κ3) is 7.28. The normalized spacial score (nSPS) is 18.1. The quantitative estimate of drug-likeness (QED) is 0.322. The van der Waals surface area contributed by atoms with Gasteiger partial charge in [0.05, 0.1) is 23.7 Å². The van der Waals surface area contributed by atoms with E-state index in [1.165, 1.54) is 30.3 Å². The minimum absolute atomic E-state index is 0.00743. The Hall–Kier alpha value is -4.54. The van der Waals surface area contributed by atoms with E-state index in [-0.39, 0.29) is 23.8 Å². The number of Topliss-reactive ketones (excluding diaryl/α,β-unsaturated/α-hetero) is 1. The van der Waals surface area contributed by atoms with Gasteiger partial charge in [-0.3, -0.25) is 19.4 Å². The largest absolute Gasteiger partial charge is 0.490 e. The van der Waals surface area contributed by atoms with Crippen molar-refractivity contribution in [1.82, 2.24) is 5.32 Å². The lowest BCUT2D eigenvalue weighted by Gasteiger charge is -2.26. The van der Waals surface area contributed by atoms with E-state index in [0.29, 0.717) is 22.4 Å². The number of nitrogens with zero attached hydrogens (tertiary/aromatic N) is 1. The summed E-state index contributed by atoms with van der Waals surface area (Å²) in [5.74, 6) is -5.57. The van der Waals surface area contributed by atoms with Crippen molar-refractivity contribution < 1.29 is 36.7 Å². The van der Waals surface area contributed by atoms with Crippen LogP contribution in [0.5, 0.6) is 5.75 Å². The number of rotatable bonds is 10. The molecule has 1 aliphatic carbocycles. The van der Waals surface area contributed by atoms with Crippen molar-refractivity contribution in [3.05, 3.63) is 101 Å². The number of aliphatic imine (C=N–C) groups is 1. The highest BCUT2D eigenvalue weighted by Gasteiger charge is 2.39. The van der Waals surface area contributed by atoms with E-state index >= 15 is 0 Å². The third-order valence-electron chi connectivity index (χ3n) is 7.44. The second kappa shape index (κ2) is 12.4. The van der Waals surface area contributed by atoms with Crippen LogP contribution < -0.4 is 15.8 Å². The molecule has 0 spiro atoms. The molecule has 0 unspecified atom stereocenters. The maximum Gasteiger partial charge on any atom is 0.389 e. The zero-order valence-electron chi connectivity index (χ0n) is 22.9. The molecule has 1 saturated carbocycles. The number of halogens is 4. The van der Waals surface area contributed by atoms with Crippen LogP contribution in [-0.4, -0.2) is 41.8 Å². The average molecular weight is 596 g/mol. The predicted octanol–water partition coefficient (Wildman–Crippen LogP) is 5.00. The monoisotopic (exact) mass is 595 g/mol. The highest BCUT2D eigenvalue weighted by Crippen LogP contribution is 2.35. The topological polar surface area (TPSA) is 111 Å². The van der Waals surface area contributed by atoms with Crippen LogP contribution in [0.2, 0.25) is 0 Å². The number of benzene rings is 3. The Kier molecular flexibility index (Phi) is 8.61. The molecule has 2 aliphatic rings. The molecule has 43 heavy (non-hydrogen) atoms.